The lowest BCUT2D eigenvalue weighted by Crippen LogP contribution is -3.14. The van der Waals surface area contributed by atoms with Gasteiger partial charge >= 0.3 is 0 Å². The van der Waals surface area contributed by atoms with E-state index in [4.69, 9.17) is 16.3 Å². The molecular formula is C22H21ClFNO3. The van der Waals surface area contributed by atoms with E-state index in [0.717, 1.165) is 19.4 Å². The Hall–Kier alpha value is -2.37. The van der Waals surface area contributed by atoms with E-state index in [1.54, 1.807) is 6.07 Å². The molecule has 0 amide bonds. The van der Waals surface area contributed by atoms with E-state index in [1.807, 2.05) is 0 Å². The highest BCUT2D eigenvalue weighted by molar-refractivity contribution is 6.32. The first-order valence-corrected chi connectivity index (χ1v) is 9.89. The highest BCUT2D eigenvalue weighted by Gasteiger charge is 2.32. The van der Waals surface area contributed by atoms with Gasteiger partial charge in [-0.15, -0.1) is 0 Å². The van der Waals surface area contributed by atoms with Crippen molar-refractivity contribution in [3.05, 3.63) is 63.6 Å². The summed E-state index contributed by atoms with van der Waals surface area (Å²) in [6.07, 6.45) is 4.76. The molecule has 0 aromatic heterocycles. The average molecular weight is 402 g/mol. The van der Waals surface area contributed by atoms with Gasteiger partial charge in [0.25, 0.3) is 0 Å². The monoisotopic (exact) mass is 401 g/mol. The molecule has 1 fully saturated rings. The van der Waals surface area contributed by atoms with Gasteiger partial charge in [-0.05, 0) is 50.5 Å². The molecule has 0 aliphatic carbocycles. The number of piperidine rings is 1. The number of halogens is 2. The zero-order valence-electron chi connectivity index (χ0n) is 15.6. The summed E-state index contributed by atoms with van der Waals surface area (Å²) in [4.78, 5) is 14.1. The standard InChI is InChI=1S/C22H21ClFNO3/c1-13-5-2-3-10-25(13)12-16-19(26)9-8-14-21(27)20(28-22(14)16)11-15-17(23)6-4-7-18(15)24/h4,6-9,11,13,26H,2-3,5,10,12H2,1H3/b20-11-. The van der Waals surface area contributed by atoms with Crippen LogP contribution in [0.25, 0.3) is 6.08 Å². The fourth-order valence-corrected chi connectivity index (χ4v) is 4.20. The van der Waals surface area contributed by atoms with E-state index in [0.29, 0.717) is 29.5 Å². The molecule has 2 heterocycles. The second kappa shape index (κ2) is 7.57. The molecule has 2 atom stereocenters. The Balaban J connectivity index is 1.70. The van der Waals surface area contributed by atoms with Crippen LogP contribution in [0.4, 0.5) is 4.39 Å². The third-order valence-electron chi connectivity index (χ3n) is 5.66. The summed E-state index contributed by atoms with van der Waals surface area (Å²) < 4.78 is 19.9. The Morgan fingerprint density at radius 3 is 2.89 bits per heavy atom. The van der Waals surface area contributed by atoms with Crippen LogP contribution >= 0.6 is 11.6 Å². The zero-order chi connectivity index (χ0) is 19.8. The first-order valence-electron chi connectivity index (χ1n) is 9.51. The maximum absolute atomic E-state index is 14.1. The minimum absolute atomic E-state index is 0.0180. The summed E-state index contributed by atoms with van der Waals surface area (Å²) in [5, 5.41) is 12.7. The highest BCUT2D eigenvalue weighted by Crippen LogP contribution is 2.39. The minimum Gasteiger partial charge on any atom is -0.872 e. The summed E-state index contributed by atoms with van der Waals surface area (Å²) in [5.74, 6) is -0.750. The largest absolute Gasteiger partial charge is 0.872 e. The lowest BCUT2D eigenvalue weighted by molar-refractivity contribution is -0.942. The number of allylic oxidation sites excluding steroid dienone is 1. The van der Waals surface area contributed by atoms with Gasteiger partial charge in [0.2, 0.25) is 5.78 Å². The Kier molecular flexibility index (Phi) is 5.13. The van der Waals surface area contributed by atoms with Gasteiger partial charge in [-0.2, -0.15) is 0 Å². The van der Waals surface area contributed by atoms with Gasteiger partial charge in [0.05, 0.1) is 23.2 Å². The van der Waals surface area contributed by atoms with E-state index in [9.17, 15) is 14.3 Å². The van der Waals surface area contributed by atoms with Crippen LogP contribution in [0, 0.1) is 5.82 Å². The maximum atomic E-state index is 14.1. The van der Waals surface area contributed by atoms with Crippen LogP contribution in [0.15, 0.2) is 36.1 Å². The predicted molar refractivity (Wildman–Crippen MR) is 103 cm³/mol. The third-order valence-corrected chi connectivity index (χ3v) is 5.99. The van der Waals surface area contributed by atoms with Crippen molar-refractivity contribution in [3.63, 3.8) is 0 Å². The number of nitrogens with one attached hydrogen (secondary N) is 1. The summed E-state index contributed by atoms with van der Waals surface area (Å²) in [5.41, 5.74) is 0.953. The quantitative estimate of drug-likeness (QED) is 0.804. The normalized spacial score (nSPS) is 23.0. The van der Waals surface area contributed by atoms with Crippen molar-refractivity contribution in [3.8, 4) is 11.5 Å². The van der Waals surface area contributed by atoms with Gasteiger partial charge in [-0.25, -0.2) is 4.39 Å². The van der Waals surface area contributed by atoms with Crippen molar-refractivity contribution >= 4 is 23.5 Å². The number of hydrogen-bond donors (Lipinski definition) is 1. The molecule has 2 unspecified atom stereocenters. The Labute approximate surface area is 168 Å². The van der Waals surface area contributed by atoms with Gasteiger partial charge in [0.1, 0.15) is 18.1 Å². The number of carbonyl (C=O) groups excluding carboxylic acids is 1. The SMILES string of the molecule is CC1CCCC[NH+]1Cc1c([O-])ccc2c1O/C(=C\c1c(F)cccc1Cl)C2=O. The Morgan fingerprint density at radius 1 is 1.32 bits per heavy atom. The molecule has 1 N–H and O–H groups in total. The summed E-state index contributed by atoms with van der Waals surface area (Å²) in [6, 6.07) is 7.67. The van der Waals surface area contributed by atoms with E-state index in [2.05, 4.69) is 6.92 Å². The van der Waals surface area contributed by atoms with E-state index < -0.39 is 5.82 Å². The lowest BCUT2D eigenvalue weighted by atomic mass is 10.0. The number of carbonyl (C=O) groups is 1. The van der Waals surface area contributed by atoms with Crippen molar-refractivity contribution < 1.29 is 23.9 Å². The van der Waals surface area contributed by atoms with E-state index >= 15 is 0 Å². The molecule has 4 nitrogen and oxygen atoms in total. The molecule has 0 radical (unpaired) electrons. The second-order valence-electron chi connectivity index (χ2n) is 7.48. The maximum Gasteiger partial charge on any atom is 0.231 e. The van der Waals surface area contributed by atoms with Crippen LogP contribution in [0.1, 0.15) is 47.7 Å². The molecule has 1 saturated heterocycles. The number of benzene rings is 2. The number of Topliss-reactive ketones (excluding diaryl/α,β-unsaturated/α-hetero) is 1. The molecule has 2 aromatic carbocycles. The number of ether oxygens (including phenoxy) is 1. The highest BCUT2D eigenvalue weighted by atomic mass is 35.5. The number of likely N-dealkylation sites (tertiary alicyclic amines) is 1. The molecule has 28 heavy (non-hydrogen) atoms. The smallest absolute Gasteiger partial charge is 0.231 e. The summed E-state index contributed by atoms with van der Waals surface area (Å²) >= 11 is 6.06. The molecule has 2 aromatic rings. The lowest BCUT2D eigenvalue weighted by Gasteiger charge is -2.31. The van der Waals surface area contributed by atoms with Crippen LogP contribution < -0.4 is 14.7 Å². The average Bonchev–Trinajstić information content (AvgIpc) is 2.98. The van der Waals surface area contributed by atoms with Gasteiger partial charge < -0.3 is 14.7 Å². The van der Waals surface area contributed by atoms with Crippen LogP contribution in [-0.4, -0.2) is 18.4 Å². The fourth-order valence-electron chi connectivity index (χ4n) is 3.98. The van der Waals surface area contributed by atoms with Crippen LogP contribution in [0.3, 0.4) is 0 Å². The Bertz CT molecular complexity index is 952. The molecule has 4 rings (SSSR count). The fraction of sp³-hybridized carbons (Fsp3) is 0.318. The summed E-state index contributed by atoms with van der Waals surface area (Å²) in [7, 11) is 0. The van der Waals surface area contributed by atoms with Crippen molar-refractivity contribution in [1.29, 1.82) is 0 Å². The van der Waals surface area contributed by atoms with Gasteiger partial charge in [-0.3, -0.25) is 4.79 Å². The zero-order valence-corrected chi connectivity index (χ0v) is 16.3. The van der Waals surface area contributed by atoms with Crippen molar-refractivity contribution in [2.45, 2.75) is 38.8 Å². The molecule has 2 aliphatic heterocycles. The molecule has 6 heteroatoms. The van der Waals surface area contributed by atoms with Crippen LogP contribution in [0.2, 0.25) is 5.02 Å². The first kappa shape index (κ1) is 19.0. The topological polar surface area (TPSA) is 53.8 Å². The van der Waals surface area contributed by atoms with Gasteiger partial charge in [0, 0.05) is 11.1 Å². The van der Waals surface area contributed by atoms with Gasteiger partial charge in [0.15, 0.2) is 5.76 Å². The molecular weight excluding hydrogens is 381 g/mol. The number of fused-ring (bicyclic) bond motifs is 1. The number of rotatable bonds is 3. The molecule has 0 bridgehead atoms. The van der Waals surface area contributed by atoms with Crippen molar-refractivity contribution in [2.75, 3.05) is 6.54 Å². The van der Waals surface area contributed by atoms with Gasteiger partial charge in [-0.1, -0.05) is 29.5 Å². The second-order valence-corrected chi connectivity index (χ2v) is 7.88. The van der Waals surface area contributed by atoms with E-state index in [-0.39, 0.29) is 27.9 Å². The predicted octanol–water partition coefficient (Wildman–Crippen LogP) is 3.13. The summed E-state index contributed by atoms with van der Waals surface area (Å²) in [6.45, 7) is 3.69. The third kappa shape index (κ3) is 3.40. The van der Waals surface area contributed by atoms with Crippen molar-refractivity contribution in [1.82, 2.24) is 0 Å². The van der Waals surface area contributed by atoms with Crippen LogP contribution in [0.5, 0.6) is 11.5 Å². The molecule has 0 saturated carbocycles. The first-order chi connectivity index (χ1) is 13.5. The number of ketones is 1. The molecule has 2 aliphatic rings. The minimum atomic E-state index is -0.538. The van der Waals surface area contributed by atoms with E-state index in [1.165, 1.54) is 41.7 Å². The Morgan fingerprint density at radius 2 is 2.14 bits per heavy atom. The number of quaternary nitrogens is 1. The molecule has 146 valence electrons. The molecule has 0 spiro atoms. The van der Waals surface area contributed by atoms with Crippen molar-refractivity contribution in [2.24, 2.45) is 0 Å². The van der Waals surface area contributed by atoms with Crippen LogP contribution in [-0.2, 0) is 6.54 Å². The number of hydrogen-bond acceptors (Lipinski definition) is 3.